The predicted molar refractivity (Wildman–Crippen MR) is 236 cm³/mol. The van der Waals surface area contributed by atoms with Crippen LogP contribution in [0.2, 0.25) is 0 Å². The quantitative estimate of drug-likeness (QED) is 0.0366. The summed E-state index contributed by atoms with van der Waals surface area (Å²) in [6.07, 6.45) is 2.77. The SMILES string of the molecule is Cc1cc2c(C(C)C)c(O)c(O)c(C=NCCOc3ccc4c(c3)OCO4)c2c(O)c1-c1c(C)cc2c(C(C)C)c(O)c(O)c(C=NCCOc3ccc4c(c3)OCO4)c2c1O. The molecule has 2 heterocycles. The van der Waals surface area contributed by atoms with E-state index >= 15 is 0 Å². The molecule has 2 aliphatic rings. The van der Waals surface area contributed by atoms with Gasteiger partial charge in [0.25, 0.3) is 0 Å². The highest BCUT2D eigenvalue weighted by atomic mass is 16.7. The Morgan fingerprint density at radius 1 is 0.532 bits per heavy atom. The smallest absolute Gasteiger partial charge is 0.231 e. The number of nitrogens with zero attached hydrogens (tertiary/aromatic N) is 2. The summed E-state index contributed by atoms with van der Waals surface area (Å²) in [6.45, 7) is 12.0. The second-order valence-electron chi connectivity index (χ2n) is 15.8. The van der Waals surface area contributed by atoms with Gasteiger partial charge >= 0.3 is 0 Å². The monoisotopic (exact) mass is 844 g/mol. The summed E-state index contributed by atoms with van der Waals surface area (Å²) in [5.74, 6) is 0.894. The zero-order valence-electron chi connectivity index (χ0n) is 35.2. The second kappa shape index (κ2) is 16.7. The van der Waals surface area contributed by atoms with Crippen LogP contribution in [0.25, 0.3) is 32.7 Å². The molecule has 322 valence electrons. The minimum absolute atomic E-state index is 0.0714. The number of hydrogen-bond donors (Lipinski definition) is 6. The van der Waals surface area contributed by atoms with Gasteiger partial charge in [-0.05, 0) is 71.8 Å². The van der Waals surface area contributed by atoms with E-state index in [9.17, 15) is 30.6 Å². The van der Waals surface area contributed by atoms with Crippen LogP contribution >= 0.6 is 0 Å². The van der Waals surface area contributed by atoms with Crippen molar-refractivity contribution in [3.63, 3.8) is 0 Å². The third kappa shape index (κ3) is 7.35. The molecule has 8 rings (SSSR count). The van der Waals surface area contributed by atoms with E-state index in [4.69, 9.17) is 28.4 Å². The summed E-state index contributed by atoms with van der Waals surface area (Å²) in [4.78, 5) is 9.01. The van der Waals surface area contributed by atoms with Crippen molar-refractivity contribution in [3.05, 3.63) is 81.9 Å². The first-order valence-electron chi connectivity index (χ1n) is 20.3. The van der Waals surface area contributed by atoms with Gasteiger partial charge in [-0.1, -0.05) is 39.8 Å². The van der Waals surface area contributed by atoms with Crippen LogP contribution in [-0.4, -0.2) is 83.0 Å². The fourth-order valence-electron chi connectivity index (χ4n) is 8.30. The lowest BCUT2D eigenvalue weighted by Crippen LogP contribution is -2.03. The summed E-state index contributed by atoms with van der Waals surface area (Å²) in [5.41, 5.74) is 2.62. The van der Waals surface area contributed by atoms with E-state index < -0.39 is 11.5 Å². The molecule has 6 aromatic carbocycles. The lowest BCUT2D eigenvalue weighted by Gasteiger charge is -2.23. The second-order valence-corrected chi connectivity index (χ2v) is 15.8. The largest absolute Gasteiger partial charge is 0.507 e. The zero-order valence-corrected chi connectivity index (χ0v) is 35.2. The Morgan fingerprint density at radius 2 is 0.919 bits per heavy atom. The molecule has 0 aliphatic carbocycles. The van der Waals surface area contributed by atoms with Gasteiger partial charge in [-0.15, -0.1) is 0 Å². The molecule has 0 bridgehead atoms. The van der Waals surface area contributed by atoms with Crippen molar-refractivity contribution in [2.75, 3.05) is 39.9 Å². The Kier molecular flexibility index (Phi) is 11.2. The first-order chi connectivity index (χ1) is 29.8. The summed E-state index contributed by atoms with van der Waals surface area (Å²) in [5, 5.41) is 72.0. The van der Waals surface area contributed by atoms with Crippen LogP contribution in [0.15, 0.2) is 58.5 Å². The van der Waals surface area contributed by atoms with Crippen molar-refractivity contribution in [1.29, 1.82) is 0 Å². The third-order valence-electron chi connectivity index (χ3n) is 11.1. The standard InChI is InChI=1S/C48H48N2O12/c1-23(2)37-29-15-25(5)39(45(53)41(29)31(43(51)47(37)55)19-49-11-13-57-27-7-9-33-35(17-27)61-21-59-33)40-26(6)16-30-38(24(3)4)48(56)44(52)32(42(30)46(40)54)20-50-12-14-58-28-8-10-34-36(18-28)62-22-60-34/h7-10,15-20,23-24,51-56H,11-14,21-22H2,1-6H3. The van der Waals surface area contributed by atoms with Crippen LogP contribution in [0, 0.1) is 13.8 Å². The molecule has 14 heteroatoms. The van der Waals surface area contributed by atoms with Gasteiger partial charge in [-0.2, -0.15) is 0 Å². The van der Waals surface area contributed by atoms with Crippen molar-refractivity contribution >= 4 is 34.0 Å². The number of aliphatic imine (C=N–C) groups is 2. The van der Waals surface area contributed by atoms with Crippen molar-refractivity contribution in [3.8, 4) is 80.1 Å². The number of ether oxygens (including phenoxy) is 6. The fraction of sp³-hybridized carbons (Fsp3) is 0.292. The van der Waals surface area contributed by atoms with E-state index in [1.807, 2.05) is 27.7 Å². The molecule has 0 unspecified atom stereocenters. The molecule has 0 amide bonds. The van der Waals surface area contributed by atoms with Crippen LogP contribution in [0.3, 0.4) is 0 Å². The molecular weight excluding hydrogens is 797 g/mol. The minimum atomic E-state index is -0.464. The number of phenolic OH excluding ortho intramolecular Hbond substituents is 6. The van der Waals surface area contributed by atoms with E-state index in [1.165, 1.54) is 12.4 Å². The maximum Gasteiger partial charge on any atom is 0.231 e. The van der Waals surface area contributed by atoms with Gasteiger partial charge in [0.2, 0.25) is 13.6 Å². The van der Waals surface area contributed by atoms with Gasteiger partial charge in [0.1, 0.15) is 36.2 Å². The van der Waals surface area contributed by atoms with Gasteiger partial charge in [0.15, 0.2) is 46.0 Å². The van der Waals surface area contributed by atoms with Gasteiger partial charge in [-0.25, -0.2) is 0 Å². The van der Waals surface area contributed by atoms with Crippen LogP contribution in [0.5, 0.6) is 69.0 Å². The average Bonchev–Trinajstić information content (AvgIpc) is 3.91. The van der Waals surface area contributed by atoms with Crippen LogP contribution in [0.4, 0.5) is 0 Å². The van der Waals surface area contributed by atoms with Crippen LogP contribution in [0.1, 0.15) is 72.9 Å². The first-order valence-corrected chi connectivity index (χ1v) is 20.3. The van der Waals surface area contributed by atoms with E-state index in [-0.39, 0.29) is 108 Å². The zero-order chi connectivity index (χ0) is 44.0. The highest BCUT2D eigenvalue weighted by Crippen LogP contribution is 2.54. The Balaban J connectivity index is 1.20. The number of aromatic hydroxyl groups is 6. The normalized spacial score (nSPS) is 13.2. The number of rotatable bonds is 13. The first kappa shape index (κ1) is 41.5. The highest BCUT2D eigenvalue weighted by molar-refractivity contribution is 6.15. The van der Waals surface area contributed by atoms with Crippen LogP contribution < -0.4 is 28.4 Å². The number of benzene rings is 6. The molecule has 6 aromatic rings. The maximum absolute atomic E-state index is 12.4. The summed E-state index contributed by atoms with van der Waals surface area (Å²) in [6, 6.07) is 14.1. The van der Waals surface area contributed by atoms with Crippen molar-refractivity contribution in [2.45, 2.75) is 53.4 Å². The summed E-state index contributed by atoms with van der Waals surface area (Å²) >= 11 is 0. The molecule has 0 fully saturated rings. The lowest BCUT2D eigenvalue weighted by molar-refractivity contribution is 0.173. The summed E-state index contributed by atoms with van der Waals surface area (Å²) in [7, 11) is 0. The number of fused-ring (bicyclic) bond motifs is 4. The van der Waals surface area contributed by atoms with Crippen LogP contribution in [-0.2, 0) is 0 Å². The Labute approximate surface area is 357 Å². The van der Waals surface area contributed by atoms with Crippen molar-refractivity contribution in [1.82, 2.24) is 0 Å². The van der Waals surface area contributed by atoms with Gasteiger partial charge in [0, 0.05) is 68.7 Å². The number of phenols is 6. The average molecular weight is 845 g/mol. The molecule has 0 atom stereocenters. The topological polar surface area (TPSA) is 201 Å². The van der Waals surface area contributed by atoms with E-state index in [1.54, 1.807) is 62.4 Å². The van der Waals surface area contributed by atoms with Gasteiger partial charge in [0.05, 0.1) is 13.1 Å². The Bertz CT molecular complexity index is 2620. The van der Waals surface area contributed by atoms with E-state index in [0.29, 0.717) is 67.5 Å². The van der Waals surface area contributed by atoms with Gasteiger partial charge < -0.3 is 59.1 Å². The fourth-order valence-corrected chi connectivity index (χ4v) is 8.30. The van der Waals surface area contributed by atoms with E-state index in [2.05, 4.69) is 9.98 Å². The Hall–Kier alpha value is -7.22. The third-order valence-corrected chi connectivity index (χ3v) is 11.1. The highest BCUT2D eigenvalue weighted by Gasteiger charge is 2.30. The maximum atomic E-state index is 12.4. The molecule has 14 nitrogen and oxygen atoms in total. The Morgan fingerprint density at radius 3 is 1.31 bits per heavy atom. The van der Waals surface area contributed by atoms with Crippen molar-refractivity contribution < 1.29 is 59.1 Å². The molecule has 62 heavy (non-hydrogen) atoms. The molecular formula is C48H48N2O12. The lowest BCUT2D eigenvalue weighted by atomic mass is 9.83. The van der Waals surface area contributed by atoms with E-state index in [0.717, 1.165) is 0 Å². The molecule has 6 N–H and O–H groups in total. The summed E-state index contributed by atoms with van der Waals surface area (Å²) < 4.78 is 33.3. The number of hydrogen-bond acceptors (Lipinski definition) is 14. The molecule has 0 aromatic heterocycles. The molecule has 0 spiro atoms. The molecule has 0 radical (unpaired) electrons. The minimum Gasteiger partial charge on any atom is -0.507 e. The molecule has 0 saturated heterocycles. The van der Waals surface area contributed by atoms with Gasteiger partial charge in [-0.3, -0.25) is 9.98 Å². The molecule has 0 saturated carbocycles. The predicted octanol–water partition coefficient (Wildman–Crippen LogP) is 9.21. The number of aryl methyl sites for hydroxylation is 2. The van der Waals surface area contributed by atoms with Crippen molar-refractivity contribution in [2.24, 2.45) is 9.98 Å². The molecule has 2 aliphatic heterocycles.